The van der Waals surface area contributed by atoms with E-state index in [1.165, 1.54) is 41.2 Å². The molecule has 2 heterocycles. The van der Waals surface area contributed by atoms with Crippen LogP contribution in [0.4, 0.5) is 0 Å². The molecule has 3 heteroatoms. The summed E-state index contributed by atoms with van der Waals surface area (Å²) in [4.78, 5) is 4.50. The second kappa shape index (κ2) is 4.30. The lowest BCUT2D eigenvalue weighted by Gasteiger charge is -2.40. The van der Waals surface area contributed by atoms with E-state index in [4.69, 9.17) is 0 Å². The van der Waals surface area contributed by atoms with Crippen LogP contribution in [0, 0.1) is 13.8 Å². The predicted molar refractivity (Wildman–Crippen MR) is 78.7 cm³/mol. The van der Waals surface area contributed by atoms with Crippen molar-refractivity contribution in [2.75, 3.05) is 11.5 Å². The summed E-state index contributed by atoms with van der Waals surface area (Å²) in [7, 11) is 0. The van der Waals surface area contributed by atoms with Gasteiger partial charge in [-0.15, -0.1) is 0 Å². The first kappa shape index (κ1) is 12.1. The van der Waals surface area contributed by atoms with Crippen LogP contribution in [0.1, 0.15) is 36.6 Å². The van der Waals surface area contributed by atoms with E-state index < -0.39 is 0 Å². The molecule has 1 saturated carbocycles. The first-order valence-corrected chi connectivity index (χ1v) is 7.74. The summed E-state index contributed by atoms with van der Waals surface area (Å²) in [5.74, 6) is 2.42. The fraction of sp³-hybridized carbons (Fsp3) is 0.533. The zero-order chi connectivity index (χ0) is 12.8. The highest BCUT2D eigenvalue weighted by atomic mass is 32.2. The predicted octanol–water partition coefficient (Wildman–Crippen LogP) is 3.30. The number of thioether (sulfide) groups is 1. The van der Waals surface area contributed by atoms with Gasteiger partial charge in [-0.2, -0.15) is 11.8 Å². The molecule has 1 N–H and O–H groups in total. The van der Waals surface area contributed by atoms with Crippen LogP contribution in [0.5, 0.6) is 0 Å². The van der Waals surface area contributed by atoms with Gasteiger partial charge in [0.15, 0.2) is 0 Å². The van der Waals surface area contributed by atoms with Crippen LogP contribution >= 0.6 is 11.8 Å². The molecule has 3 rings (SSSR count). The van der Waals surface area contributed by atoms with Crippen molar-refractivity contribution in [3.05, 3.63) is 34.7 Å². The Morgan fingerprint density at radius 2 is 2.06 bits per heavy atom. The summed E-state index contributed by atoms with van der Waals surface area (Å²) in [5.41, 5.74) is 6.88. The summed E-state index contributed by atoms with van der Waals surface area (Å²) >= 11 is 2.02. The molecular formula is C15H20N2S. The molecule has 1 aliphatic heterocycles. The quantitative estimate of drug-likeness (QED) is 0.902. The molecule has 0 radical (unpaired) electrons. The number of allylic oxidation sites excluding steroid dienone is 1. The minimum absolute atomic E-state index is 0.286. The number of nitrogens with zero attached hydrogens (tertiary/aromatic N) is 1. The van der Waals surface area contributed by atoms with Gasteiger partial charge in [-0.3, -0.25) is 4.98 Å². The Hall–Kier alpha value is -0.960. The molecular weight excluding hydrogens is 240 g/mol. The first-order valence-electron chi connectivity index (χ1n) is 6.59. The van der Waals surface area contributed by atoms with Crippen molar-refractivity contribution >= 4 is 17.5 Å². The zero-order valence-corrected chi connectivity index (χ0v) is 12.2. The summed E-state index contributed by atoms with van der Waals surface area (Å²) < 4.78 is 0. The molecule has 0 aromatic carbocycles. The van der Waals surface area contributed by atoms with Crippen LogP contribution in [-0.2, 0) is 0 Å². The average Bonchev–Trinajstić information content (AvgIpc) is 3.11. The van der Waals surface area contributed by atoms with E-state index in [1.54, 1.807) is 5.57 Å². The van der Waals surface area contributed by atoms with Crippen LogP contribution < -0.4 is 5.32 Å². The van der Waals surface area contributed by atoms with Crippen molar-refractivity contribution in [3.63, 3.8) is 0 Å². The Bertz CT molecular complexity index is 509. The topological polar surface area (TPSA) is 24.9 Å². The minimum Gasteiger partial charge on any atom is -0.378 e. The highest BCUT2D eigenvalue weighted by Gasteiger charge is 2.34. The number of rotatable bonds is 3. The van der Waals surface area contributed by atoms with E-state index in [0.29, 0.717) is 0 Å². The first-order chi connectivity index (χ1) is 8.57. The largest absolute Gasteiger partial charge is 0.378 e. The SMILES string of the molecule is Cc1cc(C(NC2(C)CSC2)=C2CC2)cnc1C. The van der Waals surface area contributed by atoms with E-state index >= 15 is 0 Å². The van der Waals surface area contributed by atoms with Gasteiger partial charge in [0.1, 0.15) is 0 Å². The van der Waals surface area contributed by atoms with Gasteiger partial charge in [-0.1, -0.05) is 0 Å². The second-order valence-corrected chi connectivity index (χ2v) is 6.77. The van der Waals surface area contributed by atoms with Crippen LogP contribution in [-0.4, -0.2) is 22.0 Å². The van der Waals surface area contributed by atoms with Gasteiger partial charge >= 0.3 is 0 Å². The van der Waals surface area contributed by atoms with E-state index in [1.807, 2.05) is 18.0 Å². The van der Waals surface area contributed by atoms with Crippen molar-refractivity contribution < 1.29 is 0 Å². The molecule has 1 saturated heterocycles. The number of nitrogens with one attached hydrogen (secondary N) is 1. The number of hydrogen-bond donors (Lipinski definition) is 1. The maximum atomic E-state index is 4.50. The summed E-state index contributed by atoms with van der Waals surface area (Å²) in [6.07, 6.45) is 4.52. The molecule has 1 aromatic heterocycles. The van der Waals surface area contributed by atoms with Crippen molar-refractivity contribution in [1.82, 2.24) is 10.3 Å². The third kappa shape index (κ3) is 2.28. The Morgan fingerprint density at radius 1 is 1.33 bits per heavy atom. The molecule has 0 bridgehead atoms. The van der Waals surface area contributed by atoms with Crippen molar-refractivity contribution in [1.29, 1.82) is 0 Å². The Kier molecular flexibility index (Phi) is 2.89. The second-order valence-electron chi connectivity index (χ2n) is 5.78. The standard InChI is InChI=1S/C15H20N2S/c1-10-6-13(7-16-11(10)2)14(12-4-5-12)17-15(3)8-18-9-15/h6-7,17H,4-5,8-9H2,1-3H3. The van der Waals surface area contributed by atoms with Gasteiger partial charge in [0.05, 0.1) is 5.54 Å². The van der Waals surface area contributed by atoms with Crippen molar-refractivity contribution in [2.45, 2.75) is 39.2 Å². The average molecular weight is 260 g/mol. The maximum Gasteiger partial charge on any atom is 0.0526 e. The fourth-order valence-corrected chi connectivity index (χ4v) is 3.20. The minimum atomic E-state index is 0.286. The third-order valence-corrected chi connectivity index (χ3v) is 5.43. The zero-order valence-electron chi connectivity index (χ0n) is 11.3. The lowest BCUT2D eigenvalue weighted by molar-refractivity contribution is 0.494. The monoisotopic (exact) mass is 260 g/mol. The molecule has 0 amide bonds. The molecule has 96 valence electrons. The van der Waals surface area contributed by atoms with E-state index in [0.717, 1.165) is 5.69 Å². The van der Waals surface area contributed by atoms with Crippen LogP contribution in [0.2, 0.25) is 0 Å². The molecule has 0 spiro atoms. The fourth-order valence-electron chi connectivity index (χ4n) is 2.24. The van der Waals surface area contributed by atoms with Gasteiger partial charge in [-0.25, -0.2) is 0 Å². The van der Waals surface area contributed by atoms with Gasteiger partial charge in [0.2, 0.25) is 0 Å². The molecule has 2 fully saturated rings. The summed E-state index contributed by atoms with van der Waals surface area (Å²) in [6.45, 7) is 6.53. The molecule has 1 aromatic rings. The highest BCUT2D eigenvalue weighted by Crippen LogP contribution is 2.38. The third-order valence-electron chi connectivity index (χ3n) is 3.75. The Labute approximate surface area is 113 Å². The Morgan fingerprint density at radius 3 is 2.56 bits per heavy atom. The van der Waals surface area contributed by atoms with E-state index in [-0.39, 0.29) is 5.54 Å². The molecule has 2 aliphatic rings. The normalized spacial score (nSPS) is 20.3. The van der Waals surface area contributed by atoms with Gasteiger partial charge in [0.25, 0.3) is 0 Å². The number of aromatic nitrogens is 1. The van der Waals surface area contributed by atoms with E-state index in [9.17, 15) is 0 Å². The van der Waals surface area contributed by atoms with Crippen LogP contribution in [0.15, 0.2) is 17.8 Å². The van der Waals surface area contributed by atoms with Gasteiger partial charge < -0.3 is 5.32 Å². The molecule has 0 unspecified atom stereocenters. The lowest BCUT2D eigenvalue weighted by Crippen LogP contribution is -2.52. The maximum absolute atomic E-state index is 4.50. The smallest absolute Gasteiger partial charge is 0.0526 e. The summed E-state index contributed by atoms with van der Waals surface area (Å²) in [6, 6.07) is 2.27. The number of aryl methyl sites for hydroxylation is 2. The van der Waals surface area contributed by atoms with Crippen LogP contribution in [0.3, 0.4) is 0 Å². The molecule has 2 nitrogen and oxygen atoms in total. The van der Waals surface area contributed by atoms with Gasteiger partial charge in [0, 0.05) is 34.7 Å². The molecule has 18 heavy (non-hydrogen) atoms. The molecule has 1 aliphatic carbocycles. The van der Waals surface area contributed by atoms with Crippen molar-refractivity contribution in [3.8, 4) is 0 Å². The number of hydrogen-bond acceptors (Lipinski definition) is 3. The van der Waals surface area contributed by atoms with Crippen molar-refractivity contribution in [2.24, 2.45) is 0 Å². The number of pyridine rings is 1. The Balaban J connectivity index is 1.91. The lowest BCUT2D eigenvalue weighted by atomic mass is 10.0. The van der Waals surface area contributed by atoms with Gasteiger partial charge in [-0.05, 0) is 50.8 Å². The van der Waals surface area contributed by atoms with Crippen LogP contribution in [0.25, 0.3) is 5.70 Å². The van der Waals surface area contributed by atoms with E-state index in [2.05, 4.69) is 37.1 Å². The summed E-state index contributed by atoms with van der Waals surface area (Å²) in [5, 5.41) is 3.77. The highest BCUT2D eigenvalue weighted by molar-refractivity contribution is 8.00. The molecule has 0 atom stereocenters.